The van der Waals surface area contributed by atoms with Gasteiger partial charge >= 0.3 is 5.97 Å². The number of esters is 1. The molecule has 0 unspecified atom stereocenters. The van der Waals surface area contributed by atoms with E-state index in [4.69, 9.17) is 27.9 Å². The van der Waals surface area contributed by atoms with E-state index in [0.29, 0.717) is 17.0 Å². The fourth-order valence-corrected chi connectivity index (χ4v) is 4.90. The summed E-state index contributed by atoms with van der Waals surface area (Å²) < 4.78 is 26.8. The van der Waals surface area contributed by atoms with Crippen molar-refractivity contribution in [3.8, 4) is 11.1 Å². The normalized spacial score (nSPS) is 16.4. The topological polar surface area (TPSA) is 92.0 Å². The zero-order valence-electron chi connectivity index (χ0n) is 14.7. The number of rotatable bonds is 3. The first-order chi connectivity index (χ1) is 12.8. The van der Waals surface area contributed by atoms with Crippen molar-refractivity contribution in [1.82, 2.24) is 4.98 Å². The Kier molecular flexibility index (Phi) is 5.79. The number of benzene rings is 1. The summed E-state index contributed by atoms with van der Waals surface area (Å²) in [6, 6.07) is 4.96. The van der Waals surface area contributed by atoms with E-state index in [9.17, 15) is 13.9 Å². The van der Waals surface area contributed by atoms with E-state index < -0.39 is 16.6 Å². The number of aromatic nitrogens is 1. The molecule has 27 heavy (non-hydrogen) atoms. The van der Waals surface area contributed by atoms with Gasteiger partial charge in [0.25, 0.3) is 0 Å². The van der Waals surface area contributed by atoms with Crippen molar-refractivity contribution in [2.45, 2.75) is 18.7 Å². The summed E-state index contributed by atoms with van der Waals surface area (Å²) in [5.74, 6) is -0.595. The van der Waals surface area contributed by atoms with Gasteiger partial charge in [-0.25, -0.2) is 9.78 Å². The van der Waals surface area contributed by atoms with E-state index in [2.05, 4.69) is 9.98 Å². The first-order valence-electron chi connectivity index (χ1n) is 8.19. The van der Waals surface area contributed by atoms with Crippen molar-refractivity contribution in [1.29, 1.82) is 0 Å². The number of carbonyl (C=O) groups is 1. The van der Waals surface area contributed by atoms with Gasteiger partial charge in [0.15, 0.2) is 0 Å². The van der Waals surface area contributed by atoms with E-state index >= 15 is 0 Å². The molecule has 1 aliphatic rings. The number of pyridine rings is 1. The predicted octanol–water partition coefficient (Wildman–Crippen LogP) is 5.08. The van der Waals surface area contributed by atoms with Gasteiger partial charge in [0.2, 0.25) is 0 Å². The quantitative estimate of drug-likeness (QED) is 0.664. The fraction of sp³-hybridized carbons (Fsp3) is 0.278. The van der Waals surface area contributed by atoms with Gasteiger partial charge in [0.1, 0.15) is 5.69 Å². The van der Waals surface area contributed by atoms with Crippen LogP contribution in [0, 0.1) is 6.92 Å². The molecule has 144 valence electrons. The van der Waals surface area contributed by atoms with E-state index in [0.717, 1.165) is 0 Å². The number of aliphatic imine (C=N–C) groups is 1. The lowest BCUT2D eigenvalue weighted by atomic mass is 9.97. The van der Waals surface area contributed by atoms with Gasteiger partial charge in [-0.3, -0.25) is 14.1 Å². The monoisotopic (exact) mass is 428 g/mol. The average Bonchev–Trinajstić information content (AvgIpc) is 2.74. The van der Waals surface area contributed by atoms with E-state index in [-0.39, 0.29) is 45.0 Å². The second-order valence-corrected chi connectivity index (χ2v) is 8.82. The Morgan fingerprint density at radius 1 is 1.33 bits per heavy atom. The third-order valence-corrected chi connectivity index (χ3v) is 6.74. The van der Waals surface area contributed by atoms with Crippen LogP contribution in [0.1, 0.15) is 28.7 Å². The first-order valence-corrected chi connectivity index (χ1v) is 10.7. The van der Waals surface area contributed by atoms with Crippen LogP contribution in [0.2, 0.25) is 10.0 Å². The number of halogens is 2. The van der Waals surface area contributed by atoms with Gasteiger partial charge < -0.3 is 4.74 Å². The van der Waals surface area contributed by atoms with Crippen LogP contribution in [0.25, 0.3) is 11.1 Å². The molecule has 1 aliphatic heterocycles. The van der Waals surface area contributed by atoms with Crippen LogP contribution < -0.4 is 0 Å². The molecule has 2 heterocycles. The Labute approximate surface area is 168 Å². The smallest absolute Gasteiger partial charge is 0.340 e. The molecule has 9 heteroatoms. The maximum absolute atomic E-state index is 12.7. The third kappa shape index (κ3) is 3.70. The molecule has 6 nitrogen and oxygen atoms in total. The Morgan fingerprint density at radius 2 is 2.07 bits per heavy atom. The maximum Gasteiger partial charge on any atom is 0.340 e. The second kappa shape index (κ2) is 7.77. The number of aryl methyl sites for hydroxylation is 1. The van der Waals surface area contributed by atoms with Crippen LogP contribution in [0.5, 0.6) is 0 Å². The van der Waals surface area contributed by atoms with Gasteiger partial charge in [0.05, 0.1) is 45.1 Å². The molecule has 0 saturated carbocycles. The van der Waals surface area contributed by atoms with Crippen molar-refractivity contribution in [3.05, 3.63) is 45.2 Å². The summed E-state index contributed by atoms with van der Waals surface area (Å²) in [4.78, 5) is 21.4. The number of nitrogens with zero attached hydrogens (tertiary/aromatic N) is 2. The van der Waals surface area contributed by atoms with Crippen LogP contribution in [-0.4, -0.2) is 45.2 Å². The highest BCUT2D eigenvalue weighted by molar-refractivity contribution is 8.24. The maximum atomic E-state index is 12.7. The van der Waals surface area contributed by atoms with Crippen molar-refractivity contribution < 1.29 is 18.6 Å². The van der Waals surface area contributed by atoms with E-state index in [1.807, 2.05) is 0 Å². The van der Waals surface area contributed by atoms with Crippen LogP contribution in [0.3, 0.4) is 0 Å². The standard InChI is InChI=1S/C18H18Cl2N2O4S/c1-3-26-18(23)14-10(2)22-13-9-21-7-8-27(24,25)17(13)15(14)11-5-4-6-12(19)16(11)20/h4-6,9,24-25H,3,7-8H2,1-2H3. The Hall–Kier alpha value is -1.64. The summed E-state index contributed by atoms with van der Waals surface area (Å²) in [6.45, 7) is 3.74. The SMILES string of the molecule is CCOC(=O)c1c(C)nc2c(c1-c1cccc(Cl)c1Cl)S(O)(O)CCN=C2. The van der Waals surface area contributed by atoms with Gasteiger partial charge in [-0.05, 0) is 19.9 Å². The Bertz CT molecular complexity index is 947. The molecule has 1 aromatic heterocycles. The highest BCUT2D eigenvalue weighted by Crippen LogP contribution is 2.56. The highest BCUT2D eigenvalue weighted by Gasteiger charge is 2.33. The van der Waals surface area contributed by atoms with Crippen molar-refractivity contribution >= 4 is 46.0 Å². The van der Waals surface area contributed by atoms with Gasteiger partial charge in [0, 0.05) is 17.3 Å². The highest BCUT2D eigenvalue weighted by atomic mass is 35.5. The van der Waals surface area contributed by atoms with E-state index in [1.165, 1.54) is 6.21 Å². The Balaban J connectivity index is 2.47. The molecular weight excluding hydrogens is 411 g/mol. The second-order valence-electron chi connectivity index (χ2n) is 5.89. The van der Waals surface area contributed by atoms with Crippen molar-refractivity contribution in [2.75, 3.05) is 18.9 Å². The molecule has 2 N–H and O–H groups in total. The average molecular weight is 429 g/mol. The van der Waals surface area contributed by atoms with Gasteiger partial charge in [-0.1, -0.05) is 35.3 Å². The minimum Gasteiger partial charge on any atom is -0.462 e. The van der Waals surface area contributed by atoms with Gasteiger partial charge in [-0.2, -0.15) is 10.6 Å². The molecule has 0 bridgehead atoms. The molecule has 0 radical (unpaired) electrons. The van der Waals surface area contributed by atoms with Crippen molar-refractivity contribution in [3.63, 3.8) is 0 Å². The number of ether oxygens (including phenoxy) is 1. The number of hydrogen-bond acceptors (Lipinski definition) is 6. The molecule has 0 spiro atoms. The lowest BCUT2D eigenvalue weighted by Crippen LogP contribution is -2.16. The number of hydrogen-bond donors (Lipinski definition) is 2. The summed E-state index contributed by atoms with van der Waals surface area (Å²) in [6.07, 6.45) is 1.49. The minimum absolute atomic E-state index is 0.0225. The van der Waals surface area contributed by atoms with Crippen molar-refractivity contribution in [2.24, 2.45) is 4.99 Å². The molecule has 0 atom stereocenters. The number of carbonyl (C=O) groups excluding carboxylic acids is 1. The summed E-state index contributed by atoms with van der Waals surface area (Å²) in [5.41, 5.74) is 1.49. The Morgan fingerprint density at radius 3 is 2.78 bits per heavy atom. The van der Waals surface area contributed by atoms with Crippen LogP contribution >= 0.6 is 33.8 Å². The molecule has 0 fully saturated rings. The van der Waals surface area contributed by atoms with Crippen LogP contribution in [0.15, 0.2) is 28.1 Å². The molecular formula is C18H18Cl2N2O4S. The van der Waals surface area contributed by atoms with Crippen LogP contribution in [0.4, 0.5) is 0 Å². The zero-order chi connectivity index (χ0) is 19.8. The molecule has 2 aromatic rings. The van der Waals surface area contributed by atoms with Gasteiger partial charge in [-0.15, -0.1) is 0 Å². The van der Waals surface area contributed by atoms with E-state index in [1.54, 1.807) is 32.0 Å². The van der Waals surface area contributed by atoms with Crippen LogP contribution in [-0.2, 0) is 4.74 Å². The minimum atomic E-state index is -3.27. The largest absolute Gasteiger partial charge is 0.462 e. The predicted molar refractivity (Wildman–Crippen MR) is 109 cm³/mol. The third-order valence-electron chi connectivity index (χ3n) is 4.11. The molecule has 0 saturated heterocycles. The summed E-state index contributed by atoms with van der Waals surface area (Å²) >= 11 is 12.6. The molecule has 1 aromatic carbocycles. The molecule has 0 aliphatic carbocycles. The lowest BCUT2D eigenvalue weighted by molar-refractivity contribution is 0.0525. The molecule has 3 rings (SSSR count). The molecule has 0 amide bonds. The summed E-state index contributed by atoms with van der Waals surface area (Å²) in [7, 11) is -3.27. The first kappa shape index (κ1) is 20.1. The zero-order valence-corrected chi connectivity index (χ0v) is 17.0. The number of fused-ring (bicyclic) bond motifs is 1. The summed E-state index contributed by atoms with van der Waals surface area (Å²) in [5, 5.41) is 0.486. The lowest BCUT2D eigenvalue weighted by Gasteiger charge is -2.34. The fourth-order valence-electron chi connectivity index (χ4n) is 2.97.